The van der Waals surface area contributed by atoms with Gasteiger partial charge >= 0.3 is 0 Å². The Hall–Kier alpha value is -0.340. The van der Waals surface area contributed by atoms with E-state index in [1.54, 1.807) is 0 Å². The lowest BCUT2D eigenvalue weighted by atomic mass is 10.3. The van der Waals surface area contributed by atoms with Crippen LogP contribution in [0.5, 0.6) is 0 Å². The summed E-state index contributed by atoms with van der Waals surface area (Å²) in [6.45, 7) is 7.41. The minimum absolute atomic E-state index is 0.996. The number of hydrogen-bond donors (Lipinski definition) is 1. The van der Waals surface area contributed by atoms with E-state index < -0.39 is 0 Å². The molecule has 0 aromatic carbocycles. The van der Waals surface area contributed by atoms with E-state index in [1.807, 2.05) is 0 Å². The molecule has 0 amide bonds. The first-order valence-corrected chi connectivity index (χ1v) is 4.11. The maximum atomic E-state index is 3.33. The molecule has 0 heterocycles. The van der Waals surface area contributed by atoms with E-state index in [1.165, 1.54) is 5.57 Å². The Morgan fingerprint density at radius 1 is 1.36 bits per heavy atom. The normalized spacial score (nSPS) is 10.3. The molecule has 0 spiro atoms. The number of rotatable bonds is 5. The number of nitrogens with zero attached hydrogens (tertiary/aromatic N) is 1. The highest BCUT2D eigenvalue weighted by Gasteiger charge is 1.87. The van der Waals surface area contributed by atoms with Crippen LogP contribution in [0.15, 0.2) is 11.6 Å². The van der Waals surface area contributed by atoms with Gasteiger partial charge in [0.2, 0.25) is 0 Å². The molecule has 2 heteroatoms. The lowest BCUT2D eigenvalue weighted by molar-refractivity contribution is 0.404. The first-order valence-electron chi connectivity index (χ1n) is 4.11. The first-order chi connectivity index (χ1) is 5.13. The molecule has 0 aliphatic carbocycles. The Bertz CT molecular complexity index is 113. The van der Waals surface area contributed by atoms with Crippen LogP contribution in [0.3, 0.4) is 0 Å². The zero-order chi connectivity index (χ0) is 8.69. The largest absolute Gasteiger partial charge is 0.312 e. The lowest BCUT2D eigenvalue weighted by Crippen LogP contribution is -2.26. The quantitative estimate of drug-likeness (QED) is 0.474. The van der Waals surface area contributed by atoms with Crippen LogP contribution in [0.2, 0.25) is 0 Å². The minimum atomic E-state index is 0.996. The summed E-state index contributed by atoms with van der Waals surface area (Å²) in [5, 5.41) is 3.33. The van der Waals surface area contributed by atoms with E-state index in [0.717, 1.165) is 19.6 Å². The molecule has 0 atom stereocenters. The fourth-order valence-electron chi connectivity index (χ4n) is 0.681. The molecule has 0 aliphatic heterocycles. The second-order valence-corrected chi connectivity index (χ2v) is 3.29. The molecule has 2 nitrogen and oxygen atoms in total. The van der Waals surface area contributed by atoms with Crippen molar-refractivity contribution in [2.24, 2.45) is 0 Å². The van der Waals surface area contributed by atoms with Gasteiger partial charge in [-0.05, 0) is 27.9 Å². The summed E-state index contributed by atoms with van der Waals surface area (Å²) in [5.41, 5.74) is 1.38. The predicted molar refractivity (Wildman–Crippen MR) is 50.9 cm³/mol. The fraction of sp³-hybridized carbons (Fsp3) is 0.778. The van der Waals surface area contributed by atoms with Gasteiger partial charge in [-0.1, -0.05) is 11.6 Å². The van der Waals surface area contributed by atoms with Gasteiger partial charge in [-0.25, -0.2) is 0 Å². The molecule has 0 bridgehead atoms. The zero-order valence-electron chi connectivity index (χ0n) is 8.15. The van der Waals surface area contributed by atoms with Crippen molar-refractivity contribution in [2.45, 2.75) is 13.8 Å². The van der Waals surface area contributed by atoms with Gasteiger partial charge in [0.1, 0.15) is 0 Å². The molecule has 11 heavy (non-hydrogen) atoms. The standard InChI is InChI=1S/C9H20N2/c1-9(2)5-6-10-7-8-11(3)4/h5,10H,6-8H2,1-4H3. The molecule has 0 saturated heterocycles. The Labute approximate surface area is 70.3 Å². The highest BCUT2D eigenvalue weighted by Crippen LogP contribution is 1.84. The van der Waals surface area contributed by atoms with Crippen molar-refractivity contribution in [2.75, 3.05) is 33.7 Å². The van der Waals surface area contributed by atoms with Gasteiger partial charge in [0.15, 0.2) is 0 Å². The van der Waals surface area contributed by atoms with Gasteiger partial charge in [-0.2, -0.15) is 0 Å². The molecular weight excluding hydrogens is 136 g/mol. The average Bonchev–Trinajstić information content (AvgIpc) is 1.85. The maximum absolute atomic E-state index is 3.33. The number of allylic oxidation sites excluding steroid dienone is 1. The van der Waals surface area contributed by atoms with Crippen LogP contribution in [0, 0.1) is 0 Å². The summed E-state index contributed by atoms with van der Waals surface area (Å²) >= 11 is 0. The Morgan fingerprint density at radius 3 is 2.45 bits per heavy atom. The third-order valence-electron chi connectivity index (χ3n) is 1.39. The zero-order valence-corrected chi connectivity index (χ0v) is 8.15. The van der Waals surface area contributed by atoms with Crippen LogP contribution in [-0.4, -0.2) is 38.6 Å². The van der Waals surface area contributed by atoms with Gasteiger partial charge in [-0.15, -0.1) is 0 Å². The lowest BCUT2D eigenvalue weighted by Gasteiger charge is -2.08. The molecule has 1 N–H and O–H groups in total. The van der Waals surface area contributed by atoms with Crippen LogP contribution in [0.25, 0.3) is 0 Å². The number of nitrogens with one attached hydrogen (secondary N) is 1. The average molecular weight is 156 g/mol. The molecule has 0 saturated carbocycles. The SMILES string of the molecule is CC(C)=CCNCCN(C)C. The van der Waals surface area contributed by atoms with Gasteiger partial charge < -0.3 is 10.2 Å². The molecule has 0 aliphatic rings. The predicted octanol–water partition coefficient (Wildman–Crippen LogP) is 1.10. The monoisotopic (exact) mass is 156 g/mol. The number of hydrogen-bond acceptors (Lipinski definition) is 2. The maximum Gasteiger partial charge on any atom is 0.0137 e. The molecular formula is C9H20N2. The minimum Gasteiger partial charge on any atom is -0.312 e. The van der Waals surface area contributed by atoms with Crippen molar-refractivity contribution in [3.8, 4) is 0 Å². The molecule has 0 fully saturated rings. The Balaban J connectivity index is 3.09. The van der Waals surface area contributed by atoms with Gasteiger partial charge in [0.25, 0.3) is 0 Å². The molecule has 0 unspecified atom stereocenters. The van der Waals surface area contributed by atoms with Crippen LogP contribution >= 0.6 is 0 Å². The van der Waals surface area contributed by atoms with Crippen molar-refractivity contribution in [3.63, 3.8) is 0 Å². The van der Waals surface area contributed by atoms with E-state index >= 15 is 0 Å². The summed E-state index contributed by atoms with van der Waals surface area (Å²) < 4.78 is 0. The van der Waals surface area contributed by atoms with Crippen LogP contribution < -0.4 is 5.32 Å². The van der Waals surface area contributed by atoms with Crippen molar-refractivity contribution in [3.05, 3.63) is 11.6 Å². The van der Waals surface area contributed by atoms with E-state index in [9.17, 15) is 0 Å². The Morgan fingerprint density at radius 2 is 2.00 bits per heavy atom. The summed E-state index contributed by atoms with van der Waals surface area (Å²) in [6, 6.07) is 0. The second kappa shape index (κ2) is 6.38. The summed E-state index contributed by atoms with van der Waals surface area (Å²) in [5.74, 6) is 0. The van der Waals surface area contributed by atoms with Crippen molar-refractivity contribution < 1.29 is 0 Å². The van der Waals surface area contributed by atoms with Crippen LogP contribution in [0.1, 0.15) is 13.8 Å². The molecule has 66 valence electrons. The van der Waals surface area contributed by atoms with Crippen molar-refractivity contribution >= 4 is 0 Å². The second-order valence-electron chi connectivity index (χ2n) is 3.29. The molecule has 0 aromatic rings. The third kappa shape index (κ3) is 9.66. The fourth-order valence-corrected chi connectivity index (χ4v) is 0.681. The highest BCUT2D eigenvalue weighted by molar-refractivity contribution is 4.94. The van der Waals surface area contributed by atoms with Gasteiger partial charge in [0, 0.05) is 19.6 Å². The van der Waals surface area contributed by atoms with E-state index in [4.69, 9.17) is 0 Å². The van der Waals surface area contributed by atoms with Gasteiger partial charge in [-0.3, -0.25) is 0 Å². The molecule has 0 aromatic heterocycles. The third-order valence-corrected chi connectivity index (χ3v) is 1.39. The summed E-state index contributed by atoms with van der Waals surface area (Å²) in [6.07, 6.45) is 2.20. The van der Waals surface area contributed by atoms with Gasteiger partial charge in [0.05, 0.1) is 0 Å². The Kier molecular flexibility index (Phi) is 6.18. The molecule has 0 rings (SSSR count). The molecule has 0 radical (unpaired) electrons. The van der Waals surface area contributed by atoms with Crippen molar-refractivity contribution in [1.29, 1.82) is 0 Å². The van der Waals surface area contributed by atoms with E-state index in [0.29, 0.717) is 0 Å². The van der Waals surface area contributed by atoms with Crippen molar-refractivity contribution in [1.82, 2.24) is 10.2 Å². The van der Waals surface area contributed by atoms with Crippen LogP contribution in [-0.2, 0) is 0 Å². The highest BCUT2D eigenvalue weighted by atomic mass is 15.1. The van der Waals surface area contributed by atoms with E-state index in [-0.39, 0.29) is 0 Å². The number of likely N-dealkylation sites (N-methyl/N-ethyl adjacent to an activating group) is 1. The summed E-state index contributed by atoms with van der Waals surface area (Å²) in [4.78, 5) is 2.18. The summed E-state index contributed by atoms with van der Waals surface area (Å²) in [7, 11) is 4.17. The van der Waals surface area contributed by atoms with E-state index in [2.05, 4.69) is 44.2 Å². The smallest absolute Gasteiger partial charge is 0.0137 e. The van der Waals surface area contributed by atoms with Crippen LogP contribution in [0.4, 0.5) is 0 Å². The topological polar surface area (TPSA) is 15.3 Å². The first kappa shape index (κ1) is 10.7.